The smallest absolute Gasteiger partial charge is 0.418 e. The molecule has 1 saturated heterocycles. The molecule has 1 atom stereocenters. The Kier molecular flexibility index (Phi) is 5.21. The molecule has 0 spiro atoms. The van der Waals surface area contributed by atoms with E-state index in [0.29, 0.717) is 4.90 Å². The van der Waals surface area contributed by atoms with Gasteiger partial charge in [-0.3, -0.25) is 9.59 Å². The molecular weight excluding hydrogens is 409 g/mol. The lowest BCUT2D eigenvalue weighted by molar-refractivity contribution is -0.137. The number of hydrogen-bond donors (Lipinski definition) is 3. The van der Waals surface area contributed by atoms with Crippen LogP contribution in [-0.2, 0) is 15.8 Å². The number of nitrogens with zero attached hydrogens (tertiary/aromatic N) is 1. The maximum Gasteiger partial charge on any atom is 0.418 e. The highest BCUT2D eigenvalue weighted by Crippen LogP contribution is 2.36. The third-order valence-corrected chi connectivity index (χ3v) is 4.38. The molecule has 0 aromatic heterocycles. The van der Waals surface area contributed by atoms with Crippen LogP contribution < -0.4 is 10.2 Å². The number of benzene rings is 2. The van der Waals surface area contributed by atoms with Crippen molar-refractivity contribution in [3.05, 3.63) is 59.2 Å². The predicted octanol–water partition coefficient (Wildman–Crippen LogP) is 2.85. The standard InChI is InChI=1S/C19H13F3N2O6/c20-19(21,22)12-3-1-2-4-13(12)23-14-8-15(25)24(16(14)26)11-6-9(17(27)28)5-10(7-11)18(29)30/h1-7,14,23H,8H2,(H,27,28)(H,29,30). The maximum atomic E-state index is 13.2. The van der Waals surface area contributed by atoms with Gasteiger partial charge >= 0.3 is 18.1 Å². The Morgan fingerprint density at radius 1 is 1.00 bits per heavy atom. The molecule has 1 heterocycles. The average molecular weight is 422 g/mol. The van der Waals surface area contributed by atoms with E-state index in [9.17, 15) is 32.3 Å². The number of aromatic carboxylic acids is 2. The van der Waals surface area contributed by atoms with E-state index >= 15 is 0 Å². The molecule has 1 aliphatic rings. The Morgan fingerprint density at radius 2 is 1.57 bits per heavy atom. The third kappa shape index (κ3) is 3.95. The molecule has 0 aliphatic carbocycles. The zero-order valence-corrected chi connectivity index (χ0v) is 14.9. The van der Waals surface area contributed by atoms with E-state index in [4.69, 9.17) is 10.2 Å². The lowest BCUT2D eigenvalue weighted by Crippen LogP contribution is -2.35. The van der Waals surface area contributed by atoms with Crippen LogP contribution in [0.25, 0.3) is 0 Å². The second-order valence-electron chi connectivity index (χ2n) is 6.39. The van der Waals surface area contributed by atoms with Crippen LogP contribution >= 0.6 is 0 Å². The van der Waals surface area contributed by atoms with Crippen LogP contribution in [0.15, 0.2) is 42.5 Å². The van der Waals surface area contributed by atoms with Gasteiger partial charge in [-0.05, 0) is 30.3 Å². The van der Waals surface area contributed by atoms with E-state index in [1.165, 1.54) is 12.1 Å². The normalized spacial score (nSPS) is 16.6. The quantitative estimate of drug-likeness (QED) is 0.633. The van der Waals surface area contributed by atoms with Crippen molar-refractivity contribution >= 4 is 35.1 Å². The summed E-state index contributed by atoms with van der Waals surface area (Å²) in [5.74, 6) is -4.71. The van der Waals surface area contributed by atoms with E-state index in [-0.39, 0.29) is 5.69 Å². The number of alkyl halides is 3. The number of carboxylic acids is 2. The number of hydrogen-bond acceptors (Lipinski definition) is 5. The molecular formula is C19H13F3N2O6. The molecule has 2 amide bonds. The van der Waals surface area contributed by atoms with Gasteiger partial charge < -0.3 is 15.5 Å². The SMILES string of the molecule is O=C(O)c1cc(C(=O)O)cc(N2C(=O)CC(Nc3ccccc3C(F)(F)F)C2=O)c1. The topological polar surface area (TPSA) is 124 Å². The van der Waals surface area contributed by atoms with Gasteiger partial charge in [-0.15, -0.1) is 0 Å². The zero-order valence-electron chi connectivity index (χ0n) is 14.9. The number of carboxylic acid groups (broad SMARTS) is 2. The lowest BCUT2D eigenvalue weighted by atomic mass is 10.1. The summed E-state index contributed by atoms with van der Waals surface area (Å²) in [4.78, 5) is 48.1. The van der Waals surface area contributed by atoms with Gasteiger partial charge in [-0.1, -0.05) is 12.1 Å². The van der Waals surface area contributed by atoms with E-state index in [1.54, 1.807) is 0 Å². The molecule has 0 saturated carbocycles. The van der Waals surface area contributed by atoms with Gasteiger partial charge in [0.2, 0.25) is 5.91 Å². The summed E-state index contributed by atoms with van der Waals surface area (Å²) in [5, 5.41) is 20.7. The molecule has 11 heteroatoms. The van der Waals surface area contributed by atoms with Crippen molar-refractivity contribution in [2.24, 2.45) is 0 Å². The highest BCUT2D eigenvalue weighted by molar-refractivity contribution is 6.23. The predicted molar refractivity (Wildman–Crippen MR) is 96.3 cm³/mol. The molecule has 8 nitrogen and oxygen atoms in total. The van der Waals surface area contributed by atoms with Crippen molar-refractivity contribution in [1.82, 2.24) is 0 Å². The minimum Gasteiger partial charge on any atom is -0.478 e. The maximum absolute atomic E-state index is 13.2. The molecule has 0 radical (unpaired) electrons. The van der Waals surface area contributed by atoms with Crippen LogP contribution in [0.1, 0.15) is 32.7 Å². The number of amides is 2. The summed E-state index contributed by atoms with van der Waals surface area (Å²) in [5.41, 5.74) is -2.65. The molecule has 2 aromatic rings. The second-order valence-corrected chi connectivity index (χ2v) is 6.39. The molecule has 3 rings (SSSR count). The first-order chi connectivity index (χ1) is 14.0. The molecule has 1 fully saturated rings. The fourth-order valence-corrected chi connectivity index (χ4v) is 3.05. The summed E-state index contributed by atoms with van der Waals surface area (Å²) in [6.45, 7) is 0. The Balaban J connectivity index is 1.95. The first-order valence-corrected chi connectivity index (χ1v) is 8.40. The summed E-state index contributed by atoms with van der Waals surface area (Å²) < 4.78 is 39.5. The van der Waals surface area contributed by atoms with Crippen molar-refractivity contribution in [3.63, 3.8) is 0 Å². The van der Waals surface area contributed by atoms with Crippen molar-refractivity contribution in [3.8, 4) is 0 Å². The van der Waals surface area contributed by atoms with Crippen LogP contribution in [-0.4, -0.2) is 40.0 Å². The van der Waals surface area contributed by atoms with E-state index < -0.39 is 64.8 Å². The van der Waals surface area contributed by atoms with Gasteiger partial charge in [0.15, 0.2) is 0 Å². The van der Waals surface area contributed by atoms with Crippen molar-refractivity contribution in [2.45, 2.75) is 18.6 Å². The molecule has 3 N–H and O–H groups in total. The number of imide groups is 1. The lowest BCUT2D eigenvalue weighted by Gasteiger charge is -2.19. The molecule has 30 heavy (non-hydrogen) atoms. The highest BCUT2D eigenvalue weighted by Gasteiger charge is 2.41. The molecule has 1 aliphatic heterocycles. The first kappa shape index (κ1) is 20.8. The number of nitrogens with one attached hydrogen (secondary N) is 1. The highest BCUT2D eigenvalue weighted by atomic mass is 19.4. The zero-order chi connectivity index (χ0) is 22.2. The Morgan fingerprint density at radius 3 is 2.10 bits per heavy atom. The van der Waals surface area contributed by atoms with Gasteiger partial charge in [0, 0.05) is 5.69 Å². The number of carbonyl (C=O) groups excluding carboxylic acids is 2. The van der Waals surface area contributed by atoms with Crippen molar-refractivity contribution < 1.29 is 42.6 Å². The van der Waals surface area contributed by atoms with Crippen LogP contribution in [0.4, 0.5) is 24.5 Å². The largest absolute Gasteiger partial charge is 0.478 e. The van der Waals surface area contributed by atoms with Gasteiger partial charge in [0.05, 0.1) is 28.8 Å². The van der Waals surface area contributed by atoms with Crippen molar-refractivity contribution in [1.29, 1.82) is 0 Å². The summed E-state index contributed by atoms with van der Waals surface area (Å²) in [6, 6.07) is 5.82. The number of rotatable bonds is 5. The number of anilines is 2. The van der Waals surface area contributed by atoms with E-state index in [0.717, 1.165) is 30.3 Å². The number of carbonyl (C=O) groups is 4. The van der Waals surface area contributed by atoms with Gasteiger partial charge in [0.1, 0.15) is 6.04 Å². The van der Waals surface area contributed by atoms with Crippen LogP contribution in [0, 0.1) is 0 Å². The summed E-state index contributed by atoms with van der Waals surface area (Å²) in [6.07, 6.45) is -5.19. The van der Waals surface area contributed by atoms with Gasteiger partial charge in [-0.25, -0.2) is 14.5 Å². The first-order valence-electron chi connectivity index (χ1n) is 8.40. The van der Waals surface area contributed by atoms with E-state index in [1.807, 2.05) is 0 Å². The second kappa shape index (κ2) is 7.50. The molecule has 0 bridgehead atoms. The fraction of sp³-hybridized carbons (Fsp3) is 0.158. The van der Waals surface area contributed by atoms with Gasteiger partial charge in [-0.2, -0.15) is 13.2 Å². The molecule has 156 valence electrons. The fourth-order valence-electron chi connectivity index (χ4n) is 3.05. The summed E-state index contributed by atoms with van der Waals surface area (Å²) in [7, 11) is 0. The van der Waals surface area contributed by atoms with E-state index in [2.05, 4.69) is 5.32 Å². The number of halogens is 3. The molecule has 2 aromatic carbocycles. The minimum absolute atomic E-state index is 0.296. The minimum atomic E-state index is -4.69. The Hall–Kier alpha value is -3.89. The van der Waals surface area contributed by atoms with Crippen molar-refractivity contribution in [2.75, 3.05) is 10.2 Å². The number of para-hydroxylation sites is 1. The van der Waals surface area contributed by atoms with Gasteiger partial charge in [0.25, 0.3) is 5.91 Å². The Labute approximate surface area is 166 Å². The summed E-state index contributed by atoms with van der Waals surface area (Å²) >= 11 is 0. The Bertz CT molecular complexity index is 1030. The van der Waals surface area contributed by atoms with Crippen LogP contribution in [0.3, 0.4) is 0 Å². The van der Waals surface area contributed by atoms with Crippen LogP contribution in [0.5, 0.6) is 0 Å². The average Bonchev–Trinajstić information content (AvgIpc) is 2.94. The monoisotopic (exact) mass is 422 g/mol. The van der Waals surface area contributed by atoms with Crippen LogP contribution in [0.2, 0.25) is 0 Å². The third-order valence-electron chi connectivity index (χ3n) is 4.38. The molecule has 1 unspecified atom stereocenters.